The normalized spacial score (nSPS) is 11.6. The molecule has 0 amide bonds. The van der Waals surface area contributed by atoms with Gasteiger partial charge in [-0.3, -0.25) is 4.98 Å². The maximum atomic E-state index is 12.9. The van der Waals surface area contributed by atoms with Crippen molar-refractivity contribution in [2.75, 3.05) is 7.11 Å². The number of carbonyl (C=O) groups excluding carboxylic acids is 1. The summed E-state index contributed by atoms with van der Waals surface area (Å²) >= 11 is 6.06. The Kier molecular flexibility index (Phi) is 6.98. The average Bonchev–Trinajstić information content (AvgIpc) is 3.15. The van der Waals surface area contributed by atoms with Gasteiger partial charge in [0.2, 0.25) is 0 Å². The van der Waals surface area contributed by atoms with Gasteiger partial charge in [-0.15, -0.1) is 0 Å². The third kappa shape index (κ3) is 5.40. The van der Waals surface area contributed by atoms with Crippen LogP contribution in [0.4, 0.5) is 13.2 Å². The number of ether oxygens (including phenoxy) is 2. The van der Waals surface area contributed by atoms with E-state index in [0.717, 1.165) is 29.1 Å². The Morgan fingerprint density at radius 1 is 1.14 bits per heavy atom. The van der Waals surface area contributed by atoms with Gasteiger partial charge in [0.05, 0.1) is 40.0 Å². The summed E-state index contributed by atoms with van der Waals surface area (Å²) in [7, 11) is 1.32. The molecule has 0 N–H and O–H groups in total. The minimum Gasteiger partial charge on any atom is -0.489 e. The molecule has 0 aliphatic rings. The van der Waals surface area contributed by atoms with Crippen LogP contribution in [-0.2, 0) is 30.5 Å². The number of methoxy groups -OCH3 is 1. The summed E-state index contributed by atoms with van der Waals surface area (Å²) in [6.07, 6.45) is -3.39. The van der Waals surface area contributed by atoms with Gasteiger partial charge in [-0.2, -0.15) is 13.2 Å². The van der Waals surface area contributed by atoms with Crippen LogP contribution in [0.5, 0.6) is 5.75 Å². The summed E-state index contributed by atoms with van der Waals surface area (Å²) in [6, 6.07) is 13.4. The van der Waals surface area contributed by atoms with Gasteiger partial charge in [-0.1, -0.05) is 29.8 Å². The molecular weight excluding hydrogens is 483 g/mol. The Bertz CT molecular complexity index is 1390. The lowest BCUT2D eigenvalue weighted by Gasteiger charge is -2.12. The van der Waals surface area contributed by atoms with Crippen molar-refractivity contribution in [3.05, 3.63) is 88.0 Å². The predicted molar refractivity (Wildman–Crippen MR) is 125 cm³/mol. The average molecular weight is 504 g/mol. The Balaban J connectivity index is 1.53. The number of benzene rings is 2. The van der Waals surface area contributed by atoms with Crippen LogP contribution >= 0.6 is 11.6 Å². The van der Waals surface area contributed by atoms with Crippen LogP contribution in [0.1, 0.15) is 33.0 Å². The first-order chi connectivity index (χ1) is 16.7. The number of pyridine rings is 1. The molecule has 0 bridgehead atoms. The second kappa shape index (κ2) is 9.95. The minimum atomic E-state index is -4.50. The van der Waals surface area contributed by atoms with E-state index in [4.69, 9.17) is 21.1 Å². The van der Waals surface area contributed by atoms with Gasteiger partial charge in [0.25, 0.3) is 0 Å². The topological polar surface area (TPSA) is 66.2 Å². The molecule has 35 heavy (non-hydrogen) atoms. The Morgan fingerprint density at radius 3 is 2.63 bits per heavy atom. The Labute approximate surface area is 204 Å². The van der Waals surface area contributed by atoms with E-state index in [9.17, 15) is 18.0 Å². The number of esters is 1. The highest BCUT2D eigenvalue weighted by molar-refractivity contribution is 6.31. The lowest BCUT2D eigenvalue weighted by molar-refractivity contribution is -0.137. The van der Waals surface area contributed by atoms with Gasteiger partial charge in [0.1, 0.15) is 18.2 Å². The van der Waals surface area contributed by atoms with Crippen molar-refractivity contribution < 1.29 is 27.4 Å². The highest BCUT2D eigenvalue weighted by Crippen LogP contribution is 2.31. The molecule has 182 valence electrons. The van der Waals surface area contributed by atoms with Crippen molar-refractivity contribution in [3.8, 4) is 5.75 Å². The highest BCUT2D eigenvalue weighted by atomic mass is 35.5. The van der Waals surface area contributed by atoms with Crippen LogP contribution in [0.15, 0.2) is 54.7 Å². The van der Waals surface area contributed by atoms with Crippen molar-refractivity contribution in [2.24, 2.45) is 0 Å². The summed E-state index contributed by atoms with van der Waals surface area (Å²) in [6.45, 7) is 2.42. The fourth-order valence-electron chi connectivity index (χ4n) is 3.73. The van der Waals surface area contributed by atoms with Crippen molar-refractivity contribution in [1.29, 1.82) is 0 Å². The van der Waals surface area contributed by atoms with E-state index in [0.29, 0.717) is 35.5 Å². The van der Waals surface area contributed by atoms with E-state index >= 15 is 0 Å². The summed E-state index contributed by atoms with van der Waals surface area (Å²) in [5, 5.41) is -0.0322. The second-order valence-corrected chi connectivity index (χ2v) is 8.21. The number of hydrogen-bond donors (Lipinski definition) is 0. The van der Waals surface area contributed by atoms with E-state index in [2.05, 4.69) is 9.97 Å². The van der Waals surface area contributed by atoms with E-state index < -0.39 is 17.7 Å². The molecule has 0 aliphatic heterocycles. The van der Waals surface area contributed by atoms with Crippen LogP contribution in [-0.4, -0.2) is 27.6 Å². The highest BCUT2D eigenvalue weighted by Gasteiger charge is 2.31. The van der Waals surface area contributed by atoms with Crippen LogP contribution in [0.3, 0.4) is 0 Å². The van der Waals surface area contributed by atoms with Gasteiger partial charge in [-0.25, -0.2) is 9.78 Å². The summed E-state index contributed by atoms with van der Waals surface area (Å²) in [5.41, 5.74) is 2.14. The number of carbonyl (C=O) groups is 1. The summed E-state index contributed by atoms with van der Waals surface area (Å²) in [4.78, 5) is 20.5. The molecule has 0 unspecified atom stereocenters. The molecule has 0 atom stereocenters. The minimum absolute atomic E-state index is 0.0322. The standard InChI is InChI=1S/C25H21ClF3N3O3/c1-15-31-22-8-7-18(35-14-16-5-3-4-6-19(16)24(33)34-2)12-23(22)32(15)10-9-21-20(26)11-17(13-30-21)25(27,28)29/h3-8,11-13H,9-10,14H2,1-2H3. The first kappa shape index (κ1) is 24.5. The maximum absolute atomic E-state index is 12.9. The van der Waals surface area contributed by atoms with E-state index in [1.54, 1.807) is 24.3 Å². The lowest BCUT2D eigenvalue weighted by Crippen LogP contribution is -2.09. The molecule has 0 saturated carbocycles. The molecule has 6 nitrogen and oxygen atoms in total. The van der Waals surface area contributed by atoms with Gasteiger partial charge >= 0.3 is 12.1 Å². The van der Waals surface area contributed by atoms with Gasteiger partial charge in [0, 0.05) is 30.8 Å². The number of imidazole rings is 1. The summed E-state index contributed by atoms with van der Waals surface area (Å²) in [5.74, 6) is 0.865. The maximum Gasteiger partial charge on any atom is 0.417 e. The number of alkyl halides is 3. The van der Waals surface area contributed by atoms with Crippen molar-refractivity contribution in [2.45, 2.75) is 32.7 Å². The van der Waals surface area contributed by atoms with E-state index in [1.807, 2.05) is 29.7 Å². The van der Waals surface area contributed by atoms with Crippen LogP contribution in [0.2, 0.25) is 5.02 Å². The fraction of sp³-hybridized carbons (Fsp3) is 0.240. The van der Waals surface area contributed by atoms with Crippen molar-refractivity contribution in [3.63, 3.8) is 0 Å². The fourth-order valence-corrected chi connectivity index (χ4v) is 4.00. The summed E-state index contributed by atoms with van der Waals surface area (Å²) < 4.78 is 51.3. The first-order valence-electron chi connectivity index (χ1n) is 10.6. The quantitative estimate of drug-likeness (QED) is 0.288. The van der Waals surface area contributed by atoms with Crippen molar-refractivity contribution in [1.82, 2.24) is 14.5 Å². The monoisotopic (exact) mass is 503 g/mol. The molecule has 2 aromatic heterocycles. The molecule has 10 heteroatoms. The number of nitrogens with zero attached hydrogens (tertiary/aromatic N) is 3. The smallest absolute Gasteiger partial charge is 0.417 e. The van der Waals surface area contributed by atoms with E-state index in [1.165, 1.54) is 7.11 Å². The number of aryl methyl sites for hydroxylation is 3. The zero-order valence-corrected chi connectivity index (χ0v) is 19.7. The molecule has 0 radical (unpaired) electrons. The predicted octanol–water partition coefficient (Wildman–Crippen LogP) is 6.02. The number of halogens is 4. The third-order valence-corrected chi connectivity index (χ3v) is 5.87. The van der Waals surface area contributed by atoms with Gasteiger partial charge in [-0.05, 0) is 31.2 Å². The molecule has 4 rings (SSSR count). The Hall–Kier alpha value is -3.59. The number of hydrogen-bond acceptors (Lipinski definition) is 5. The van der Waals surface area contributed by atoms with Crippen LogP contribution < -0.4 is 4.74 Å². The molecule has 0 aliphatic carbocycles. The molecule has 2 aromatic carbocycles. The number of rotatable bonds is 7. The number of fused-ring (bicyclic) bond motifs is 1. The van der Waals surface area contributed by atoms with Crippen LogP contribution in [0.25, 0.3) is 11.0 Å². The number of aromatic nitrogens is 3. The molecular formula is C25H21ClF3N3O3. The third-order valence-electron chi connectivity index (χ3n) is 5.54. The molecule has 0 saturated heterocycles. The molecule has 4 aromatic rings. The molecule has 0 spiro atoms. The van der Waals surface area contributed by atoms with Crippen molar-refractivity contribution >= 4 is 28.6 Å². The zero-order chi connectivity index (χ0) is 25.2. The molecule has 2 heterocycles. The lowest BCUT2D eigenvalue weighted by atomic mass is 10.1. The van der Waals surface area contributed by atoms with Crippen LogP contribution in [0, 0.1) is 6.92 Å². The Morgan fingerprint density at radius 2 is 1.91 bits per heavy atom. The van der Waals surface area contributed by atoms with Gasteiger partial charge in [0.15, 0.2) is 0 Å². The largest absolute Gasteiger partial charge is 0.489 e. The SMILES string of the molecule is COC(=O)c1ccccc1COc1ccc2nc(C)n(CCc3ncc(C(F)(F)F)cc3Cl)c2c1. The second-order valence-electron chi connectivity index (χ2n) is 7.80. The van der Waals surface area contributed by atoms with E-state index in [-0.39, 0.29) is 11.6 Å². The molecule has 0 fully saturated rings. The first-order valence-corrected chi connectivity index (χ1v) is 11.0. The van der Waals surface area contributed by atoms with Gasteiger partial charge < -0.3 is 14.0 Å². The zero-order valence-electron chi connectivity index (χ0n) is 18.9.